The molecule has 0 aliphatic carbocycles. The van der Waals surface area contributed by atoms with Gasteiger partial charge in [0.15, 0.2) is 0 Å². The van der Waals surface area contributed by atoms with Crippen molar-refractivity contribution in [1.29, 1.82) is 0 Å². The second-order valence-electron chi connectivity index (χ2n) is 10.1. The van der Waals surface area contributed by atoms with E-state index in [0.717, 1.165) is 16.1 Å². The highest BCUT2D eigenvalue weighted by molar-refractivity contribution is 7.92. The van der Waals surface area contributed by atoms with E-state index in [9.17, 15) is 18.0 Å². The first-order valence-corrected chi connectivity index (χ1v) is 15.7. The number of anilines is 1. The zero-order valence-corrected chi connectivity index (χ0v) is 25.8. The molecule has 0 aliphatic rings. The van der Waals surface area contributed by atoms with Gasteiger partial charge in [-0.25, -0.2) is 8.42 Å². The van der Waals surface area contributed by atoms with Gasteiger partial charge < -0.3 is 15.0 Å². The van der Waals surface area contributed by atoms with Crippen molar-refractivity contribution in [3.05, 3.63) is 94.0 Å². The van der Waals surface area contributed by atoms with Gasteiger partial charge in [0.25, 0.3) is 0 Å². The number of rotatable bonds is 13. The first-order chi connectivity index (χ1) is 19.4. The van der Waals surface area contributed by atoms with Crippen LogP contribution >= 0.6 is 23.2 Å². The summed E-state index contributed by atoms with van der Waals surface area (Å²) in [6, 6.07) is 19.8. The second-order valence-corrected chi connectivity index (χ2v) is 12.8. The number of halogens is 2. The van der Waals surface area contributed by atoms with Crippen LogP contribution in [-0.2, 0) is 32.6 Å². The molecule has 8 nitrogen and oxygen atoms in total. The Hall–Kier alpha value is -3.27. The molecule has 3 rings (SSSR count). The first kappa shape index (κ1) is 32.2. The Morgan fingerprint density at radius 2 is 1.63 bits per heavy atom. The molecule has 0 aliphatic heterocycles. The molecule has 220 valence electrons. The summed E-state index contributed by atoms with van der Waals surface area (Å²) < 4.78 is 32.1. The van der Waals surface area contributed by atoms with Crippen molar-refractivity contribution >= 4 is 50.7 Å². The summed E-state index contributed by atoms with van der Waals surface area (Å²) in [5, 5.41) is 3.60. The standard InChI is InChI=1S/C30H35Cl2N3O5S/c1-21(2)18-33-30(37)28(16-22-9-6-5-7-10-22)34(19-23-13-14-26(31)27(32)15-23)29(36)20-35(41(4,38)39)24-11-8-12-25(17-24)40-3/h5-15,17,21,28H,16,18-20H2,1-4H3,(H,33,37)/t28-/m0/s1. The van der Waals surface area contributed by atoms with Crippen molar-refractivity contribution in [1.82, 2.24) is 10.2 Å². The SMILES string of the molecule is COc1cccc(N(CC(=O)N(Cc2ccc(Cl)c(Cl)c2)[C@@H](Cc2ccccc2)C(=O)NCC(C)C)S(C)(=O)=O)c1. The van der Waals surface area contributed by atoms with Gasteiger partial charge >= 0.3 is 0 Å². The lowest BCUT2D eigenvalue weighted by atomic mass is 10.0. The summed E-state index contributed by atoms with van der Waals surface area (Å²) in [5.74, 6) is -0.288. The Morgan fingerprint density at radius 1 is 0.927 bits per heavy atom. The Labute approximate surface area is 252 Å². The fourth-order valence-corrected chi connectivity index (χ4v) is 5.35. The van der Waals surface area contributed by atoms with Gasteiger partial charge in [-0.1, -0.05) is 79.5 Å². The van der Waals surface area contributed by atoms with Gasteiger partial charge in [-0.05, 0) is 41.3 Å². The quantitative estimate of drug-likeness (QED) is 0.284. The number of ether oxygens (including phenoxy) is 1. The van der Waals surface area contributed by atoms with Crippen LogP contribution in [-0.4, -0.2) is 57.6 Å². The van der Waals surface area contributed by atoms with Crippen LogP contribution in [0.1, 0.15) is 25.0 Å². The van der Waals surface area contributed by atoms with Crippen molar-refractivity contribution in [3.63, 3.8) is 0 Å². The summed E-state index contributed by atoms with van der Waals surface area (Å²) in [6.07, 6.45) is 1.25. The van der Waals surface area contributed by atoms with Crippen LogP contribution in [0.2, 0.25) is 10.0 Å². The van der Waals surface area contributed by atoms with Crippen LogP contribution in [0, 0.1) is 5.92 Å². The molecular weight excluding hydrogens is 585 g/mol. The highest BCUT2D eigenvalue weighted by atomic mass is 35.5. The van der Waals surface area contributed by atoms with Crippen molar-refractivity contribution in [2.75, 3.05) is 30.8 Å². The molecule has 0 unspecified atom stereocenters. The minimum atomic E-state index is -3.89. The predicted octanol–water partition coefficient (Wildman–Crippen LogP) is 5.18. The number of carbonyl (C=O) groups excluding carboxylic acids is 2. The highest BCUT2D eigenvalue weighted by Gasteiger charge is 2.33. The third-order valence-corrected chi connectivity index (χ3v) is 8.19. The number of sulfonamides is 1. The second kappa shape index (κ2) is 14.6. The van der Waals surface area contributed by atoms with Gasteiger partial charge in [-0.3, -0.25) is 13.9 Å². The van der Waals surface area contributed by atoms with Crippen molar-refractivity contribution in [2.24, 2.45) is 5.92 Å². The number of hydrogen-bond acceptors (Lipinski definition) is 5. The number of nitrogens with one attached hydrogen (secondary N) is 1. The molecule has 1 N–H and O–H groups in total. The van der Waals surface area contributed by atoms with E-state index in [4.69, 9.17) is 27.9 Å². The first-order valence-electron chi connectivity index (χ1n) is 13.1. The van der Waals surface area contributed by atoms with E-state index in [1.807, 2.05) is 44.2 Å². The number of amides is 2. The maximum atomic E-state index is 14.1. The number of nitrogens with zero attached hydrogens (tertiary/aromatic N) is 2. The van der Waals surface area contributed by atoms with E-state index in [2.05, 4.69) is 5.32 Å². The molecule has 0 fully saturated rings. The summed E-state index contributed by atoms with van der Waals surface area (Å²) in [6.45, 7) is 3.83. The molecule has 0 bridgehead atoms. The van der Waals surface area contributed by atoms with Gasteiger partial charge in [0.2, 0.25) is 21.8 Å². The molecule has 0 saturated carbocycles. The largest absolute Gasteiger partial charge is 0.497 e. The Kier molecular flexibility index (Phi) is 11.5. The molecule has 41 heavy (non-hydrogen) atoms. The van der Waals surface area contributed by atoms with E-state index in [0.29, 0.717) is 27.9 Å². The maximum absolute atomic E-state index is 14.1. The van der Waals surface area contributed by atoms with Crippen LogP contribution in [0.3, 0.4) is 0 Å². The van der Waals surface area contributed by atoms with E-state index in [-0.39, 0.29) is 30.5 Å². The molecule has 2 amide bonds. The van der Waals surface area contributed by atoms with Crippen LogP contribution in [0.5, 0.6) is 5.75 Å². The number of benzene rings is 3. The Morgan fingerprint density at radius 3 is 2.24 bits per heavy atom. The van der Waals surface area contributed by atoms with Crippen LogP contribution in [0.4, 0.5) is 5.69 Å². The smallest absolute Gasteiger partial charge is 0.244 e. The zero-order chi connectivity index (χ0) is 30.2. The molecular formula is C30H35Cl2N3O5S. The van der Waals surface area contributed by atoms with E-state index in [1.165, 1.54) is 18.1 Å². The molecule has 1 atom stereocenters. The molecule has 11 heteroatoms. The van der Waals surface area contributed by atoms with Gasteiger partial charge in [0.1, 0.15) is 18.3 Å². The zero-order valence-electron chi connectivity index (χ0n) is 23.5. The highest BCUT2D eigenvalue weighted by Crippen LogP contribution is 2.26. The fourth-order valence-electron chi connectivity index (χ4n) is 4.19. The Bertz CT molecular complexity index is 1450. The van der Waals surface area contributed by atoms with Gasteiger partial charge in [0, 0.05) is 25.6 Å². The Balaban J connectivity index is 2.07. The molecule has 0 spiro atoms. The van der Waals surface area contributed by atoms with Crippen molar-refractivity contribution in [2.45, 2.75) is 32.9 Å². The van der Waals surface area contributed by atoms with Gasteiger partial charge in [-0.15, -0.1) is 0 Å². The molecule has 3 aromatic carbocycles. The summed E-state index contributed by atoms with van der Waals surface area (Å²) >= 11 is 12.4. The average molecular weight is 621 g/mol. The minimum absolute atomic E-state index is 0.00195. The molecule has 0 radical (unpaired) electrons. The third-order valence-electron chi connectivity index (χ3n) is 6.31. The lowest BCUT2D eigenvalue weighted by Gasteiger charge is -2.33. The van der Waals surface area contributed by atoms with Gasteiger partial charge in [0.05, 0.1) is 29.1 Å². The maximum Gasteiger partial charge on any atom is 0.244 e. The topological polar surface area (TPSA) is 96.0 Å². The average Bonchev–Trinajstić information content (AvgIpc) is 2.94. The van der Waals surface area contributed by atoms with Gasteiger partial charge in [-0.2, -0.15) is 0 Å². The van der Waals surface area contributed by atoms with Crippen molar-refractivity contribution < 1.29 is 22.7 Å². The minimum Gasteiger partial charge on any atom is -0.497 e. The summed E-state index contributed by atoms with van der Waals surface area (Å²) in [4.78, 5) is 29.2. The molecule has 0 aromatic heterocycles. The van der Waals surface area contributed by atoms with Crippen molar-refractivity contribution in [3.8, 4) is 5.75 Å². The molecule has 0 saturated heterocycles. The van der Waals surface area contributed by atoms with E-state index >= 15 is 0 Å². The van der Waals surface area contributed by atoms with Crippen LogP contribution in [0.15, 0.2) is 72.8 Å². The fraction of sp³-hybridized carbons (Fsp3) is 0.333. The summed E-state index contributed by atoms with van der Waals surface area (Å²) in [7, 11) is -2.42. The van der Waals surface area contributed by atoms with Crippen LogP contribution in [0.25, 0.3) is 0 Å². The number of hydrogen-bond donors (Lipinski definition) is 1. The lowest BCUT2D eigenvalue weighted by molar-refractivity contribution is -0.140. The molecule has 0 heterocycles. The van der Waals surface area contributed by atoms with Crippen LogP contribution < -0.4 is 14.4 Å². The summed E-state index contributed by atoms with van der Waals surface area (Å²) in [5.41, 5.74) is 1.74. The lowest BCUT2D eigenvalue weighted by Crippen LogP contribution is -2.53. The number of methoxy groups -OCH3 is 1. The molecule has 3 aromatic rings. The normalized spacial score (nSPS) is 12.1. The predicted molar refractivity (Wildman–Crippen MR) is 164 cm³/mol. The third kappa shape index (κ3) is 9.38. The van der Waals surface area contributed by atoms with E-state index in [1.54, 1.807) is 36.4 Å². The number of carbonyl (C=O) groups is 2. The monoisotopic (exact) mass is 619 g/mol. The van der Waals surface area contributed by atoms with E-state index < -0.39 is 28.5 Å².